The van der Waals surface area contributed by atoms with Crippen molar-refractivity contribution in [1.82, 2.24) is 15.5 Å². The molecule has 2 aromatic carbocycles. The van der Waals surface area contributed by atoms with E-state index in [0.29, 0.717) is 22.5 Å². The van der Waals surface area contributed by atoms with Gasteiger partial charge in [0.05, 0.1) is 0 Å². The molecule has 0 aliphatic rings. The number of carbonyl (C=O) groups excluding carboxylic acids is 1. The van der Waals surface area contributed by atoms with Gasteiger partial charge >= 0.3 is 0 Å². The van der Waals surface area contributed by atoms with Gasteiger partial charge in [-0.05, 0) is 36.6 Å². The van der Waals surface area contributed by atoms with Crippen molar-refractivity contribution in [2.75, 3.05) is 6.61 Å². The normalized spacial score (nSPS) is 12.0. The maximum Gasteiger partial charge on any atom is 0.258 e. The third-order valence-corrected chi connectivity index (χ3v) is 4.65. The first-order valence-corrected chi connectivity index (χ1v) is 9.39. The van der Waals surface area contributed by atoms with E-state index >= 15 is 0 Å². The Morgan fingerprint density at radius 2 is 1.96 bits per heavy atom. The number of benzene rings is 2. The van der Waals surface area contributed by atoms with Crippen LogP contribution in [-0.2, 0) is 4.79 Å². The Balaban J connectivity index is 1.65. The number of rotatable bonds is 7. The fourth-order valence-electron chi connectivity index (χ4n) is 2.65. The van der Waals surface area contributed by atoms with E-state index in [2.05, 4.69) is 15.5 Å². The van der Waals surface area contributed by atoms with Crippen molar-refractivity contribution < 1.29 is 14.1 Å². The van der Waals surface area contributed by atoms with E-state index in [9.17, 15) is 4.79 Å². The highest BCUT2D eigenvalue weighted by Gasteiger charge is 2.25. The number of hydrogen-bond donors (Lipinski definition) is 1. The lowest BCUT2D eigenvalue weighted by molar-refractivity contribution is -0.124. The van der Waals surface area contributed by atoms with Crippen LogP contribution in [0, 0.1) is 12.8 Å². The first-order chi connectivity index (χ1) is 13.4. The molecular formula is C21H22ClN3O3. The van der Waals surface area contributed by atoms with Gasteiger partial charge in [-0.3, -0.25) is 4.79 Å². The van der Waals surface area contributed by atoms with Gasteiger partial charge in [0.2, 0.25) is 11.7 Å². The number of nitrogens with zero attached hydrogens (tertiary/aromatic N) is 2. The summed E-state index contributed by atoms with van der Waals surface area (Å²) >= 11 is 6.00. The summed E-state index contributed by atoms with van der Waals surface area (Å²) in [6.07, 6.45) is 0. The van der Waals surface area contributed by atoms with Crippen molar-refractivity contribution >= 4 is 17.5 Å². The molecule has 1 amide bonds. The molecule has 1 atom stereocenters. The molecule has 0 bridgehead atoms. The highest BCUT2D eigenvalue weighted by Crippen LogP contribution is 2.24. The van der Waals surface area contributed by atoms with Crippen molar-refractivity contribution in [1.29, 1.82) is 0 Å². The summed E-state index contributed by atoms with van der Waals surface area (Å²) in [5.41, 5.74) is 1.74. The van der Waals surface area contributed by atoms with Gasteiger partial charge in [0, 0.05) is 10.6 Å². The van der Waals surface area contributed by atoms with Gasteiger partial charge in [0.1, 0.15) is 11.8 Å². The maximum atomic E-state index is 12.4. The van der Waals surface area contributed by atoms with Gasteiger partial charge in [-0.15, -0.1) is 0 Å². The molecule has 28 heavy (non-hydrogen) atoms. The second-order valence-electron chi connectivity index (χ2n) is 6.81. The molecule has 0 aliphatic carbocycles. The zero-order valence-corrected chi connectivity index (χ0v) is 16.7. The van der Waals surface area contributed by atoms with Crippen molar-refractivity contribution in [2.45, 2.75) is 26.8 Å². The van der Waals surface area contributed by atoms with Gasteiger partial charge in [0.25, 0.3) is 5.91 Å². The number of amides is 1. The third kappa shape index (κ3) is 4.89. The molecule has 0 aliphatic heterocycles. The first-order valence-electron chi connectivity index (χ1n) is 9.01. The van der Waals surface area contributed by atoms with Gasteiger partial charge in [-0.25, -0.2) is 0 Å². The Hall–Kier alpha value is -2.86. The van der Waals surface area contributed by atoms with E-state index in [-0.39, 0.29) is 18.4 Å². The minimum Gasteiger partial charge on any atom is -0.484 e. The van der Waals surface area contributed by atoms with Crippen molar-refractivity contribution in [2.24, 2.45) is 5.92 Å². The number of hydrogen-bond acceptors (Lipinski definition) is 5. The molecule has 0 spiro atoms. The lowest BCUT2D eigenvalue weighted by Crippen LogP contribution is -2.35. The zero-order chi connectivity index (χ0) is 20.1. The first kappa shape index (κ1) is 19.9. The lowest BCUT2D eigenvalue weighted by atomic mass is 10.0. The smallest absolute Gasteiger partial charge is 0.258 e. The summed E-state index contributed by atoms with van der Waals surface area (Å²) in [5.74, 6) is 1.23. The Morgan fingerprint density at radius 3 is 2.64 bits per heavy atom. The molecule has 0 saturated carbocycles. The van der Waals surface area contributed by atoms with E-state index in [1.165, 1.54) is 0 Å². The Kier molecular flexibility index (Phi) is 6.31. The second-order valence-corrected chi connectivity index (χ2v) is 7.22. The molecule has 146 valence electrons. The summed E-state index contributed by atoms with van der Waals surface area (Å²) in [5, 5.41) is 7.59. The predicted octanol–water partition coefficient (Wildman–Crippen LogP) is 4.59. The molecule has 0 radical (unpaired) electrons. The summed E-state index contributed by atoms with van der Waals surface area (Å²) in [4.78, 5) is 16.8. The van der Waals surface area contributed by atoms with Gasteiger partial charge in [0.15, 0.2) is 6.61 Å². The highest BCUT2D eigenvalue weighted by molar-refractivity contribution is 6.31. The maximum absolute atomic E-state index is 12.4. The number of aryl methyl sites for hydroxylation is 1. The Labute approximate surface area is 168 Å². The summed E-state index contributed by atoms with van der Waals surface area (Å²) in [6.45, 7) is 5.70. The van der Waals surface area contributed by atoms with Gasteiger partial charge in [-0.1, -0.05) is 60.9 Å². The standard InChI is InChI=1S/C21H22ClN3O3/c1-13(2)19(21-24-20(25-28-21)15-7-5-4-6-8-15)23-18(26)12-27-16-9-10-17(22)14(3)11-16/h4-11,13,19H,12H2,1-3H3,(H,23,26). The fraction of sp³-hybridized carbons (Fsp3) is 0.286. The number of halogens is 1. The van der Waals surface area contributed by atoms with E-state index < -0.39 is 6.04 Å². The average molecular weight is 400 g/mol. The van der Waals surface area contributed by atoms with E-state index in [4.69, 9.17) is 20.9 Å². The summed E-state index contributed by atoms with van der Waals surface area (Å²) in [7, 11) is 0. The van der Waals surface area contributed by atoms with E-state index in [1.54, 1.807) is 18.2 Å². The monoisotopic (exact) mass is 399 g/mol. The van der Waals surface area contributed by atoms with Crippen LogP contribution in [0.4, 0.5) is 0 Å². The molecule has 6 nitrogen and oxygen atoms in total. The summed E-state index contributed by atoms with van der Waals surface area (Å²) < 4.78 is 11.0. The topological polar surface area (TPSA) is 77.2 Å². The van der Waals surface area contributed by atoms with Gasteiger partial charge < -0.3 is 14.6 Å². The zero-order valence-electron chi connectivity index (χ0n) is 16.0. The quantitative estimate of drug-likeness (QED) is 0.628. The fourth-order valence-corrected chi connectivity index (χ4v) is 2.77. The average Bonchev–Trinajstić information content (AvgIpc) is 3.17. The van der Waals surface area contributed by atoms with Crippen LogP contribution >= 0.6 is 11.6 Å². The number of nitrogens with one attached hydrogen (secondary N) is 1. The molecule has 7 heteroatoms. The highest BCUT2D eigenvalue weighted by atomic mass is 35.5. The third-order valence-electron chi connectivity index (χ3n) is 4.22. The molecule has 0 saturated heterocycles. The van der Waals surface area contributed by atoms with Crippen LogP contribution in [0.15, 0.2) is 53.1 Å². The van der Waals surface area contributed by atoms with Crippen molar-refractivity contribution in [3.8, 4) is 17.1 Å². The van der Waals surface area contributed by atoms with Crippen LogP contribution in [0.2, 0.25) is 5.02 Å². The predicted molar refractivity (Wildman–Crippen MR) is 107 cm³/mol. The van der Waals surface area contributed by atoms with E-state index in [0.717, 1.165) is 11.1 Å². The molecule has 3 rings (SSSR count). The number of aromatic nitrogens is 2. The van der Waals surface area contributed by atoms with E-state index in [1.807, 2.05) is 51.1 Å². The number of ether oxygens (including phenoxy) is 1. The van der Waals surface area contributed by atoms with Crippen molar-refractivity contribution in [3.05, 3.63) is 65.0 Å². The van der Waals surface area contributed by atoms with Crippen LogP contribution in [0.1, 0.15) is 31.3 Å². The van der Waals surface area contributed by atoms with Crippen LogP contribution < -0.4 is 10.1 Å². The molecule has 1 heterocycles. The minimum atomic E-state index is -0.409. The molecule has 1 N–H and O–H groups in total. The molecule has 3 aromatic rings. The van der Waals surface area contributed by atoms with Crippen LogP contribution in [0.25, 0.3) is 11.4 Å². The largest absolute Gasteiger partial charge is 0.484 e. The van der Waals surface area contributed by atoms with Crippen LogP contribution in [0.5, 0.6) is 5.75 Å². The lowest BCUT2D eigenvalue weighted by Gasteiger charge is -2.18. The van der Waals surface area contributed by atoms with Crippen molar-refractivity contribution in [3.63, 3.8) is 0 Å². The molecule has 1 aromatic heterocycles. The molecular weight excluding hydrogens is 378 g/mol. The minimum absolute atomic E-state index is 0.0609. The summed E-state index contributed by atoms with van der Waals surface area (Å²) in [6, 6.07) is 14.4. The van der Waals surface area contributed by atoms with Gasteiger partial charge in [-0.2, -0.15) is 4.98 Å². The SMILES string of the molecule is Cc1cc(OCC(=O)NC(c2nc(-c3ccccc3)no2)C(C)C)ccc1Cl. The molecule has 0 fully saturated rings. The van der Waals surface area contributed by atoms with Crippen LogP contribution in [-0.4, -0.2) is 22.7 Å². The Morgan fingerprint density at radius 1 is 1.21 bits per heavy atom. The van der Waals surface area contributed by atoms with Crippen LogP contribution in [0.3, 0.4) is 0 Å². The molecule has 1 unspecified atom stereocenters. The Bertz CT molecular complexity index is 941. The second kappa shape index (κ2) is 8.89. The number of carbonyl (C=O) groups is 1.